The van der Waals surface area contributed by atoms with Crippen molar-refractivity contribution in [3.63, 3.8) is 0 Å². The van der Waals surface area contributed by atoms with Crippen LogP contribution in [0.5, 0.6) is 5.75 Å². The molecule has 0 aliphatic carbocycles. The van der Waals surface area contributed by atoms with Crippen LogP contribution in [-0.2, 0) is 9.53 Å². The van der Waals surface area contributed by atoms with E-state index in [4.69, 9.17) is 32.7 Å². The molecule has 0 spiro atoms. The lowest BCUT2D eigenvalue weighted by Crippen LogP contribution is -2.20. The highest BCUT2D eigenvalue weighted by molar-refractivity contribution is 6.35. The van der Waals surface area contributed by atoms with Gasteiger partial charge in [0.2, 0.25) is 0 Å². The van der Waals surface area contributed by atoms with Crippen molar-refractivity contribution in [2.24, 2.45) is 0 Å². The molecule has 7 heteroatoms. The van der Waals surface area contributed by atoms with Crippen LogP contribution in [-0.4, -0.2) is 25.6 Å². The Morgan fingerprint density at radius 3 is 2.22 bits per heavy atom. The Morgan fingerprint density at radius 1 is 1.04 bits per heavy atom. The molecule has 0 aliphatic rings. The fourth-order valence-corrected chi connectivity index (χ4v) is 2.28. The van der Waals surface area contributed by atoms with Gasteiger partial charge in [-0.25, -0.2) is 4.79 Å². The van der Waals surface area contributed by atoms with Crippen molar-refractivity contribution in [2.75, 3.05) is 19.0 Å². The van der Waals surface area contributed by atoms with Crippen LogP contribution in [0.2, 0.25) is 10.0 Å². The molecule has 2 rings (SSSR count). The van der Waals surface area contributed by atoms with Gasteiger partial charge in [0.1, 0.15) is 5.75 Å². The van der Waals surface area contributed by atoms with Crippen LogP contribution >= 0.6 is 23.2 Å². The number of hydrogen-bond acceptors (Lipinski definition) is 4. The maximum Gasteiger partial charge on any atom is 0.338 e. The molecule has 0 atom stereocenters. The second kappa shape index (κ2) is 7.85. The summed E-state index contributed by atoms with van der Waals surface area (Å²) in [5, 5.41) is 3.22. The summed E-state index contributed by atoms with van der Waals surface area (Å²) in [6, 6.07) is 11.1. The molecular weight excluding hydrogens is 341 g/mol. The smallest absolute Gasteiger partial charge is 0.338 e. The number of esters is 1. The first-order valence-corrected chi connectivity index (χ1v) is 7.30. The summed E-state index contributed by atoms with van der Waals surface area (Å²) in [5.74, 6) is -0.469. The predicted molar refractivity (Wildman–Crippen MR) is 88.4 cm³/mol. The summed E-state index contributed by atoms with van der Waals surface area (Å²) in [6.07, 6.45) is 0. The highest BCUT2D eigenvalue weighted by Gasteiger charge is 2.12. The molecule has 0 heterocycles. The average Bonchev–Trinajstić information content (AvgIpc) is 2.52. The van der Waals surface area contributed by atoms with Gasteiger partial charge in [-0.15, -0.1) is 0 Å². The molecule has 0 aliphatic heterocycles. The van der Waals surface area contributed by atoms with Gasteiger partial charge in [0.15, 0.2) is 6.61 Å². The number of nitrogens with one attached hydrogen (secondary N) is 1. The zero-order chi connectivity index (χ0) is 16.8. The lowest BCUT2D eigenvalue weighted by Gasteiger charge is -2.08. The first-order valence-electron chi connectivity index (χ1n) is 6.55. The fraction of sp³-hybridized carbons (Fsp3) is 0.125. The molecule has 2 aromatic rings. The van der Waals surface area contributed by atoms with E-state index in [0.29, 0.717) is 21.5 Å². The molecule has 0 aromatic heterocycles. The van der Waals surface area contributed by atoms with Crippen molar-refractivity contribution < 1.29 is 19.1 Å². The van der Waals surface area contributed by atoms with Crippen LogP contribution in [0.4, 0.5) is 5.69 Å². The van der Waals surface area contributed by atoms with Crippen LogP contribution in [0.25, 0.3) is 0 Å². The van der Waals surface area contributed by atoms with Gasteiger partial charge in [0.05, 0.1) is 12.7 Å². The topological polar surface area (TPSA) is 64.6 Å². The van der Waals surface area contributed by atoms with Gasteiger partial charge < -0.3 is 14.8 Å². The minimum Gasteiger partial charge on any atom is -0.497 e. The number of benzene rings is 2. The molecule has 5 nitrogen and oxygen atoms in total. The number of carbonyl (C=O) groups is 2. The Kier molecular flexibility index (Phi) is 5.84. The largest absolute Gasteiger partial charge is 0.497 e. The average molecular weight is 354 g/mol. The number of anilines is 1. The van der Waals surface area contributed by atoms with Crippen molar-refractivity contribution in [1.82, 2.24) is 0 Å². The molecule has 120 valence electrons. The molecule has 0 bridgehead atoms. The number of halogens is 2. The molecule has 23 heavy (non-hydrogen) atoms. The second-order valence-electron chi connectivity index (χ2n) is 4.51. The van der Waals surface area contributed by atoms with Gasteiger partial charge >= 0.3 is 5.97 Å². The number of rotatable bonds is 5. The number of ether oxygens (including phenoxy) is 2. The second-order valence-corrected chi connectivity index (χ2v) is 5.38. The van der Waals surface area contributed by atoms with Crippen molar-refractivity contribution in [3.05, 3.63) is 58.1 Å². The van der Waals surface area contributed by atoms with E-state index in [9.17, 15) is 9.59 Å². The molecule has 2 aromatic carbocycles. The van der Waals surface area contributed by atoms with Crippen LogP contribution in [0, 0.1) is 0 Å². The zero-order valence-electron chi connectivity index (χ0n) is 12.1. The van der Waals surface area contributed by atoms with Crippen LogP contribution in [0.15, 0.2) is 42.5 Å². The number of amides is 1. The fourth-order valence-electron chi connectivity index (χ4n) is 1.76. The molecule has 0 saturated heterocycles. The first kappa shape index (κ1) is 17.1. The SMILES string of the molecule is COc1ccc(NC(=O)COC(=O)c2cc(Cl)cc(Cl)c2)cc1. The minimum absolute atomic E-state index is 0.180. The standard InChI is InChI=1S/C16H13Cl2NO4/c1-22-14-4-2-13(3-5-14)19-15(20)9-23-16(21)10-6-11(17)8-12(18)7-10/h2-8H,9H2,1H3,(H,19,20). The van der Waals surface area contributed by atoms with E-state index >= 15 is 0 Å². The third-order valence-corrected chi connectivity index (χ3v) is 3.24. The molecular formula is C16H13Cl2NO4. The lowest BCUT2D eigenvalue weighted by molar-refractivity contribution is -0.119. The normalized spacial score (nSPS) is 10.0. The van der Waals surface area contributed by atoms with Gasteiger partial charge in [0.25, 0.3) is 5.91 Å². The summed E-state index contributed by atoms with van der Waals surface area (Å²) in [7, 11) is 1.55. The van der Waals surface area contributed by atoms with Crippen molar-refractivity contribution in [3.8, 4) is 5.75 Å². The van der Waals surface area contributed by atoms with E-state index in [0.717, 1.165) is 0 Å². The zero-order valence-corrected chi connectivity index (χ0v) is 13.6. The van der Waals surface area contributed by atoms with Gasteiger partial charge in [-0.1, -0.05) is 23.2 Å². The predicted octanol–water partition coefficient (Wildman–Crippen LogP) is 3.80. The Labute approximate surface area is 143 Å². The third kappa shape index (κ3) is 5.16. The number of hydrogen-bond donors (Lipinski definition) is 1. The molecule has 0 fully saturated rings. The van der Waals surface area contributed by atoms with Gasteiger partial charge in [-0.05, 0) is 42.5 Å². The highest BCUT2D eigenvalue weighted by Crippen LogP contribution is 2.19. The van der Waals surface area contributed by atoms with Crippen molar-refractivity contribution in [2.45, 2.75) is 0 Å². The maximum atomic E-state index is 11.9. The minimum atomic E-state index is -0.681. The first-order chi connectivity index (χ1) is 11.0. The van der Waals surface area contributed by atoms with Gasteiger partial charge in [0, 0.05) is 15.7 Å². The van der Waals surface area contributed by atoms with Crippen LogP contribution in [0.1, 0.15) is 10.4 Å². The summed E-state index contributed by atoms with van der Waals surface area (Å²) >= 11 is 11.6. The summed E-state index contributed by atoms with van der Waals surface area (Å²) in [4.78, 5) is 23.6. The summed E-state index contributed by atoms with van der Waals surface area (Å²) < 4.78 is 9.94. The van der Waals surface area contributed by atoms with E-state index in [-0.39, 0.29) is 5.56 Å². The monoisotopic (exact) mass is 353 g/mol. The highest BCUT2D eigenvalue weighted by atomic mass is 35.5. The number of methoxy groups -OCH3 is 1. The van der Waals surface area contributed by atoms with E-state index in [1.165, 1.54) is 18.2 Å². The van der Waals surface area contributed by atoms with Crippen molar-refractivity contribution >= 4 is 40.8 Å². The van der Waals surface area contributed by atoms with Crippen LogP contribution in [0.3, 0.4) is 0 Å². The molecule has 0 radical (unpaired) electrons. The third-order valence-electron chi connectivity index (χ3n) is 2.81. The molecule has 1 N–H and O–H groups in total. The Balaban J connectivity index is 1.89. The van der Waals surface area contributed by atoms with Crippen LogP contribution < -0.4 is 10.1 Å². The lowest BCUT2D eigenvalue weighted by atomic mass is 10.2. The number of carbonyl (C=O) groups excluding carboxylic acids is 2. The maximum absolute atomic E-state index is 11.9. The van der Waals surface area contributed by atoms with E-state index < -0.39 is 18.5 Å². The Morgan fingerprint density at radius 2 is 1.65 bits per heavy atom. The van der Waals surface area contributed by atoms with E-state index in [2.05, 4.69) is 5.32 Å². The Bertz CT molecular complexity index is 696. The summed E-state index contributed by atoms with van der Waals surface area (Å²) in [6.45, 7) is -0.422. The van der Waals surface area contributed by atoms with Gasteiger partial charge in [-0.3, -0.25) is 4.79 Å². The summed E-state index contributed by atoms with van der Waals surface area (Å²) in [5.41, 5.74) is 0.748. The van der Waals surface area contributed by atoms with Gasteiger partial charge in [-0.2, -0.15) is 0 Å². The molecule has 0 saturated carbocycles. The van der Waals surface area contributed by atoms with E-state index in [1.807, 2.05) is 0 Å². The molecule has 0 unspecified atom stereocenters. The van der Waals surface area contributed by atoms with E-state index in [1.54, 1.807) is 31.4 Å². The Hall–Kier alpha value is -2.24. The molecule has 1 amide bonds. The quantitative estimate of drug-likeness (QED) is 0.830. The van der Waals surface area contributed by atoms with Crippen molar-refractivity contribution in [1.29, 1.82) is 0 Å².